The van der Waals surface area contributed by atoms with Crippen LogP contribution >= 0.6 is 11.8 Å². The minimum Gasteiger partial charge on any atom is -0.496 e. The smallest absolute Gasteiger partial charge is 0.326 e. The van der Waals surface area contributed by atoms with Gasteiger partial charge in [0.25, 0.3) is 11.1 Å². The number of carbonyl (C=O) groups is 3. The fourth-order valence-corrected chi connectivity index (χ4v) is 4.33. The van der Waals surface area contributed by atoms with E-state index in [4.69, 9.17) is 14.2 Å². The van der Waals surface area contributed by atoms with Gasteiger partial charge in [-0.05, 0) is 57.5 Å². The first-order valence-electron chi connectivity index (χ1n) is 10.1. The number of esters is 1. The van der Waals surface area contributed by atoms with Crippen LogP contribution in [0.2, 0.25) is 0 Å². The molecule has 1 aromatic rings. The molecule has 0 unspecified atom stereocenters. The number of thioether (sulfide) groups is 1. The Labute approximate surface area is 186 Å². The minimum atomic E-state index is -0.699. The summed E-state index contributed by atoms with van der Waals surface area (Å²) in [7, 11) is 3.15. The zero-order valence-electron chi connectivity index (χ0n) is 18.5. The van der Waals surface area contributed by atoms with Crippen LogP contribution in [0.1, 0.15) is 39.2 Å². The monoisotopic (exact) mass is 448 g/mol. The standard InChI is InChI=1S/C22H28N2O6S/c1-22(2,3)30-19(25)13-24-20(26)18(31-21(24)27)11-14-10-17(29-5)15(12-16(14)28-4)23-8-6-7-9-23/h10-12H,6-9,13H2,1-5H3/b18-11+. The predicted octanol–water partition coefficient (Wildman–Crippen LogP) is 3.68. The molecule has 9 heteroatoms. The second-order valence-electron chi connectivity index (χ2n) is 8.31. The number of carbonyl (C=O) groups excluding carboxylic acids is 3. The third kappa shape index (κ3) is 5.33. The summed E-state index contributed by atoms with van der Waals surface area (Å²) in [5.74, 6) is 0.0688. The van der Waals surface area contributed by atoms with Crippen molar-refractivity contribution in [1.29, 1.82) is 0 Å². The summed E-state index contributed by atoms with van der Waals surface area (Å²) in [6, 6.07) is 3.69. The van der Waals surface area contributed by atoms with Gasteiger partial charge in [-0.15, -0.1) is 0 Å². The molecule has 2 amide bonds. The van der Waals surface area contributed by atoms with Gasteiger partial charge in [0.05, 0.1) is 24.8 Å². The lowest BCUT2D eigenvalue weighted by Gasteiger charge is -2.22. The van der Waals surface area contributed by atoms with Gasteiger partial charge in [-0.2, -0.15) is 0 Å². The molecule has 2 heterocycles. The lowest BCUT2D eigenvalue weighted by Crippen LogP contribution is -2.37. The normalized spacial score (nSPS) is 18.2. The SMILES string of the molecule is COc1cc(N2CCCC2)c(OC)cc1/C=C1/SC(=O)N(CC(=O)OC(C)(C)C)C1=O. The quantitative estimate of drug-likeness (QED) is 0.481. The molecule has 0 saturated carbocycles. The number of imide groups is 1. The number of hydrogen-bond donors (Lipinski definition) is 0. The fourth-order valence-electron chi connectivity index (χ4n) is 3.50. The van der Waals surface area contributed by atoms with Crippen molar-refractivity contribution in [1.82, 2.24) is 4.90 Å². The second-order valence-corrected chi connectivity index (χ2v) is 9.31. The first kappa shape index (κ1) is 23.0. The number of amides is 2. The first-order valence-corrected chi connectivity index (χ1v) is 10.9. The highest BCUT2D eigenvalue weighted by atomic mass is 32.2. The third-order valence-corrected chi connectivity index (χ3v) is 5.75. The van der Waals surface area contributed by atoms with E-state index in [0.29, 0.717) is 17.1 Å². The van der Waals surface area contributed by atoms with Crippen molar-refractivity contribution in [2.45, 2.75) is 39.2 Å². The molecule has 0 spiro atoms. The summed E-state index contributed by atoms with van der Waals surface area (Å²) >= 11 is 0.783. The molecule has 168 valence electrons. The average molecular weight is 449 g/mol. The molecule has 8 nitrogen and oxygen atoms in total. The van der Waals surface area contributed by atoms with E-state index in [0.717, 1.165) is 48.3 Å². The first-order chi connectivity index (χ1) is 14.6. The Morgan fingerprint density at radius 1 is 1.10 bits per heavy atom. The van der Waals surface area contributed by atoms with E-state index in [-0.39, 0.29) is 4.91 Å². The largest absolute Gasteiger partial charge is 0.496 e. The van der Waals surface area contributed by atoms with Gasteiger partial charge in [0.15, 0.2) is 0 Å². The van der Waals surface area contributed by atoms with E-state index in [2.05, 4.69) is 4.90 Å². The predicted molar refractivity (Wildman–Crippen MR) is 120 cm³/mol. The van der Waals surface area contributed by atoms with Gasteiger partial charge in [0.1, 0.15) is 23.6 Å². The lowest BCUT2D eigenvalue weighted by atomic mass is 10.1. The van der Waals surface area contributed by atoms with Crippen molar-refractivity contribution in [3.63, 3.8) is 0 Å². The van der Waals surface area contributed by atoms with Crippen molar-refractivity contribution in [2.75, 3.05) is 38.8 Å². The summed E-state index contributed by atoms with van der Waals surface area (Å²) in [6.07, 6.45) is 3.84. The van der Waals surface area contributed by atoms with Crippen molar-refractivity contribution in [3.8, 4) is 11.5 Å². The van der Waals surface area contributed by atoms with Gasteiger partial charge in [-0.25, -0.2) is 0 Å². The number of benzene rings is 1. The molecule has 31 heavy (non-hydrogen) atoms. The molecule has 3 rings (SSSR count). The summed E-state index contributed by atoms with van der Waals surface area (Å²) in [4.78, 5) is 40.6. The second kappa shape index (κ2) is 9.21. The Bertz CT molecular complexity index is 915. The molecule has 0 bridgehead atoms. The molecule has 2 fully saturated rings. The average Bonchev–Trinajstić information content (AvgIpc) is 3.31. The van der Waals surface area contributed by atoms with Crippen LogP contribution in [0.3, 0.4) is 0 Å². The third-order valence-electron chi connectivity index (χ3n) is 4.85. The van der Waals surface area contributed by atoms with Gasteiger partial charge in [0, 0.05) is 24.7 Å². The van der Waals surface area contributed by atoms with Gasteiger partial charge >= 0.3 is 5.97 Å². The van der Waals surface area contributed by atoms with Crippen molar-refractivity contribution < 1.29 is 28.6 Å². The van der Waals surface area contributed by atoms with Crippen LogP contribution in [0.4, 0.5) is 10.5 Å². The molecular formula is C22H28N2O6S. The van der Waals surface area contributed by atoms with Gasteiger partial charge in [-0.1, -0.05) is 0 Å². The molecule has 1 aromatic carbocycles. The lowest BCUT2D eigenvalue weighted by molar-refractivity contribution is -0.156. The summed E-state index contributed by atoms with van der Waals surface area (Å²) in [5, 5.41) is -0.512. The molecule has 0 N–H and O–H groups in total. The number of methoxy groups -OCH3 is 2. The number of anilines is 1. The van der Waals surface area contributed by atoms with E-state index in [9.17, 15) is 14.4 Å². The topological polar surface area (TPSA) is 85.4 Å². The van der Waals surface area contributed by atoms with Crippen molar-refractivity contribution in [2.24, 2.45) is 0 Å². The number of ether oxygens (including phenoxy) is 3. The van der Waals surface area contributed by atoms with Crippen LogP contribution < -0.4 is 14.4 Å². The summed E-state index contributed by atoms with van der Waals surface area (Å²) < 4.78 is 16.3. The van der Waals surface area contributed by atoms with Gasteiger partial charge < -0.3 is 19.1 Å². The Kier molecular flexibility index (Phi) is 6.83. The Balaban J connectivity index is 1.86. The highest BCUT2D eigenvalue weighted by Gasteiger charge is 2.37. The van der Waals surface area contributed by atoms with Crippen LogP contribution in [0.25, 0.3) is 6.08 Å². The molecule has 0 aromatic heterocycles. The Hall–Kier alpha value is -2.68. The number of nitrogens with zero attached hydrogens (tertiary/aromatic N) is 2. The summed E-state index contributed by atoms with van der Waals surface area (Å²) in [6.45, 7) is 6.65. The van der Waals surface area contributed by atoms with E-state index < -0.39 is 29.3 Å². The van der Waals surface area contributed by atoms with Crippen molar-refractivity contribution in [3.05, 3.63) is 22.6 Å². The van der Waals surface area contributed by atoms with Crippen molar-refractivity contribution >= 4 is 40.6 Å². The molecule has 2 saturated heterocycles. The van der Waals surface area contributed by atoms with Crippen LogP contribution in [0.5, 0.6) is 11.5 Å². The van der Waals surface area contributed by atoms with Crippen LogP contribution in [-0.4, -0.2) is 61.5 Å². The number of hydrogen-bond acceptors (Lipinski definition) is 8. The Morgan fingerprint density at radius 2 is 1.74 bits per heavy atom. The van der Waals surface area contributed by atoms with E-state index >= 15 is 0 Å². The highest BCUT2D eigenvalue weighted by Crippen LogP contribution is 2.40. The zero-order valence-corrected chi connectivity index (χ0v) is 19.3. The molecule has 0 radical (unpaired) electrons. The molecule has 0 atom stereocenters. The van der Waals surface area contributed by atoms with E-state index in [1.54, 1.807) is 47.1 Å². The van der Waals surface area contributed by atoms with Crippen LogP contribution in [0, 0.1) is 0 Å². The molecule has 0 aliphatic carbocycles. The number of rotatable bonds is 6. The maximum Gasteiger partial charge on any atom is 0.326 e. The fraction of sp³-hybridized carbons (Fsp3) is 0.500. The Morgan fingerprint density at radius 3 is 2.32 bits per heavy atom. The van der Waals surface area contributed by atoms with Gasteiger partial charge in [0.2, 0.25) is 0 Å². The maximum absolute atomic E-state index is 12.8. The maximum atomic E-state index is 12.8. The minimum absolute atomic E-state index is 0.211. The highest BCUT2D eigenvalue weighted by molar-refractivity contribution is 8.18. The van der Waals surface area contributed by atoms with Gasteiger partial charge in [-0.3, -0.25) is 19.3 Å². The molecule has 2 aliphatic heterocycles. The van der Waals surface area contributed by atoms with E-state index in [1.807, 2.05) is 6.07 Å². The zero-order chi connectivity index (χ0) is 22.8. The molecule has 2 aliphatic rings. The van der Waals surface area contributed by atoms with E-state index in [1.165, 1.54) is 0 Å². The van der Waals surface area contributed by atoms with Crippen LogP contribution in [-0.2, 0) is 14.3 Å². The van der Waals surface area contributed by atoms with Crippen LogP contribution in [0.15, 0.2) is 17.0 Å². The molecular weight excluding hydrogens is 420 g/mol. The summed E-state index contributed by atoms with van der Waals surface area (Å²) in [5.41, 5.74) is 0.854.